The summed E-state index contributed by atoms with van der Waals surface area (Å²) in [5.74, 6) is 0. The van der Waals surface area contributed by atoms with Gasteiger partial charge in [0.1, 0.15) is 0 Å². The second-order valence-corrected chi connectivity index (χ2v) is 14.9. The summed E-state index contributed by atoms with van der Waals surface area (Å²) in [6, 6.07) is 9.93. The molecular weight excluding hydrogens is 374 g/mol. The van der Waals surface area contributed by atoms with E-state index in [1.807, 2.05) is 10.6 Å². The first-order chi connectivity index (χ1) is 13.7. The zero-order valence-electron chi connectivity index (χ0n) is 19.1. The van der Waals surface area contributed by atoms with Crippen LogP contribution in [-0.2, 0) is 0 Å². The first-order valence-electron chi connectivity index (χ1n) is 12.3. The lowest BCUT2D eigenvalue weighted by atomic mass is 9.93. The summed E-state index contributed by atoms with van der Waals surface area (Å²) in [5, 5.41) is 5.03. The Morgan fingerprint density at radius 3 is 1.32 bits per heavy atom. The lowest BCUT2D eigenvalue weighted by molar-refractivity contribution is 0.467. The van der Waals surface area contributed by atoms with Gasteiger partial charge in [0.05, 0.1) is 0 Å². The summed E-state index contributed by atoms with van der Waals surface area (Å²) in [6.45, 7) is 9.68. The molecule has 2 aliphatic rings. The molecule has 0 radical (unpaired) electrons. The maximum absolute atomic E-state index is 2.59. The Hall–Kier alpha value is 0.0800. The van der Waals surface area contributed by atoms with Gasteiger partial charge in [-0.05, 0) is 84.6 Å². The maximum atomic E-state index is 2.59. The van der Waals surface area contributed by atoms with E-state index in [4.69, 9.17) is 0 Å². The molecule has 0 aliphatic carbocycles. The maximum Gasteiger partial charge on any atom is -0.00542 e. The van der Waals surface area contributed by atoms with Gasteiger partial charge in [0, 0.05) is 0 Å². The van der Waals surface area contributed by atoms with E-state index in [9.17, 15) is 0 Å². The predicted octanol–water partition coefficient (Wildman–Crippen LogP) is 8.17. The van der Waals surface area contributed by atoms with Crippen LogP contribution in [0.4, 0.5) is 0 Å². The zero-order chi connectivity index (χ0) is 20.0. The fourth-order valence-electron chi connectivity index (χ4n) is 6.70. The summed E-state index contributed by atoms with van der Waals surface area (Å²) in [6.07, 6.45) is 20.3. The van der Waals surface area contributed by atoms with Crippen LogP contribution in [-0.4, -0.2) is 22.6 Å². The summed E-state index contributed by atoms with van der Waals surface area (Å²) >= 11 is 0. The van der Waals surface area contributed by atoms with Crippen molar-refractivity contribution in [2.45, 2.75) is 115 Å². The molecule has 0 N–H and O–H groups in total. The van der Waals surface area contributed by atoms with E-state index in [0.29, 0.717) is 10.3 Å². The molecule has 0 saturated carbocycles. The molecule has 2 saturated heterocycles. The Labute approximate surface area is 178 Å². The molecule has 0 amide bonds. The molecule has 2 aliphatic heterocycles. The SMILES string of the molecule is CCCC1(CCC)CCCP1c1ccccc1P1CCCC1(CCC)CCC. The molecule has 3 rings (SSSR count). The van der Waals surface area contributed by atoms with Gasteiger partial charge in [-0.25, -0.2) is 0 Å². The average Bonchev–Trinajstić information content (AvgIpc) is 3.28. The molecule has 2 fully saturated rings. The quantitative estimate of drug-likeness (QED) is 0.336. The highest BCUT2D eigenvalue weighted by atomic mass is 31.1. The topological polar surface area (TPSA) is 0 Å². The van der Waals surface area contributed by atoms with Crippen molar-refractivity contribution in [2.24, 2.45) is 0 Å². The van der Waals surface area contributed by atoms with Gasteiger partial charge < -0.3 is 0 Å². The highest BCUT2D eigenvalue weighted by molar-refractivity contribution is 7.73. The molecule has 2 heterocycles. The van der Waals surface area contributed by atoms with Crippen LogP contribution in [0.1, 0.15) is 105 Å². The monoisotopic (exact) mass is 418 g/mol. The van der Waals surface area contributed by atoms with Gasteiger partial charge >= 0.3 is 0 Å². The molecule has 1 aromatic carbocycles. The van der Waals surface area contributed by atoms with Gasteiger partial charge in [-0.1, -0.05) is 93.5 Å². The first-order valence-corrected chi connectivity index (χ1v) is 15.4. The van der Waals surface area contributed by atoms with E-state index >= 15 is 0 Å². The predicted molar refractivity (Wildman–Crippen MR) is 133 cm³/mol. The Kier molecular flexibility index (Phi) is 8.45. The molecule has 158 valence electrons. The average molecular weight is 419 g/mol. The van der Waals surface area contributed by atoms with Gasteiger partial charge in [0.15, 0.2) is 0 Å². The van der Waals surface area contributed by atoms with Gasteiger partial charge in [0.2, 0.25) is 0 Å². The van der Waals surface area contributed by atoms with Crippen molar-refractivity contribution >= 4 is 26.5 Å². The minimum Gasteiger partial charge on any atom is -0.0683 e. The largest absolute Gasteiger partial charge is 0.0683 e. The number of rotatable bonds is 10. The van der Waals surface area contributed by atoms with Crippen LogP contribution in [0.15, 0.2) is 24.3 Å². The van der Waals surface area contributed by atoms with Crippen molar-refractivity contribution in [1.29, 1.82) is 0 Å². The molecule has 1 aromatic rings. The molecule has 28 heavy (non-hydrogen) atoms. The lowest BCUT2D eigenvalue weighted by Crippen LogP contribution is -2.36. The van der Waals surface area contributed by atoms with Crippen LogP contribution >= 0.6 is 15.8 Å². The van der Waals surface area contributed by atoms with E-state index in [2.05, 4.69) is 52.0 Å². The van der Waals surface area contributed by atoms with Crippen LogP contribution < -0.4 is 10.6 Å². The second-order valence-electron chi connectivity index (χ2n) is 9.45. The smallest absolute Gasteiger partial charge is 0.00542 e. The third kappa shape index (κ3) is 4.40. The van der Waals surface area contributed by atoms with Crippen molar-refractivity contribution in [1.82, 2.24) is 0 Å². The van der Waals surface area contributed by atoms with Gasteiger partial charge in [-0.3, -0.25) is 0 Å². The van der Waals surface area contributed by atoms with Crippen molar-refractivity contribution in [3.8, 4) is 0 Å². The zero-order valence-corrected chi connectivity index (χ0v) is 20.9. The van der Waals surface area contributed by atoms with Gasteiger partial charge in [-0.2, -0.15) is 0 Å². The summed E-state index contributed by atoms with van der Waals surface area (Å²) < 4.78 is 0. The molecule has 0 bridgehead atoms. The number of hydrogen-bond donors (Lipinski definition) is 0. The van der Waals surface area contributed by atoms with Crippen molar-refractivity contribution in [3.63, 3.8) is 0 Å². The van der Waals surface area contributed by atoms with Crippen LogP contribution in [0, 0.1) is 0 Å². The Morgan fingerprint density at radius 2 is 1.00 bits per heavy atom. The lowest BCUT2D eigenvalue weighted by Gasteiger charge is -2.41. The normalized spacial score (nSPS) is 26.0. The minimum absolute atomic E-state index is 0.0196. The summed E-state index contributed by atoms with van der Waals surface area (Å²) in [4.78, 5) is 0. The summed E-state index contributed by atoms with van der Waals surface area (Å²) in [5.41, 5.74) is 0. The number of hydrogen-bond acceptors (Lipinski definition) is 0. The fourth-order valence-corrected chi connectivity index (χ4v) is 14.9. The Morgan fingerprint density at radius 1 is 0.643 bits per heavy atom. The highest BCUT2D eigenvalue weighted by Gasteiger charge is 2.46. The molecule has 0 nitrogen and oxygen atoms in total. The highest BCUT2D eigenvalue weighted by Crippen LogP contribution is 2.65. The van der Waals surface area contributed by atoms with E-state index in [-0.39, 0.29) is 15.8 Å². The van der Waals surface area contributed by atoms with Crippen molar-refractivity contribution in [3.05, 3.63) is 24.3 Å². The molecular formula is C26H44P2. The first kappa shape index (κ1) is 22.8. The molecule has 2 atom stereocenters. The van der Waals surface area contributed by atoms with Crippen LogP contribution in [0.3, 0.4) is 0 Å². The third-order valence-corrected chi connectivity index (χ3v) is 14.8. The van der Waals surface area contributed by atoms with Gasteiger partial charge in [0.25, 0.3) is 0 Å². The van der Waals surface area contributed by atoms with Crippen LogP contribution in [0.2, 0.25) is 0 Å². The van der Waals surface area contributed by atoms with Crippen molar-refractivity contribution < 1.29 is 0 Å². The fraction of sp³-hybridized carbons (Fsp3) is 0.769. The van der Waals surface area contributed by atoms with Crippen LogP contribution in [0.5, 0.6) is 0 Å². The second kappa shape index (κ2) is 10.4. The summed E-state index contributed by atoms with van der Waals surface area (Å²) in [7, 11) is 0.0393. The van der Waals surface area contributed by atoms with E-state index in [1.165, 1.54) is 89.4 Å². The Balaban J connectivity index is 2.01. The molecule has 0 aromatic heterocycles. The number of benzene rings is 1. The molecule has 0 spiro atoms. The van der Waals surface area contributed by atoms with Crippen molar-refractivity contribution in [2.75, 3.05) is 12.3 Å². The third-order valence-electron chi connectivity index (χ3n) is 7.52. The molecule has 2 heteroatoms. The molecule has 2 unspecified atom stereocenters. The van der Waals surface area contributed by atoms with E-state index in [1.54, 1.807) is 0 Å². The Bertz CT molecular complexity index is 543. The van der Waals surface area contributed by atoms with Gasteiger partial charge in [-0.15, -0.1) is 0 Å². The minimum atomic E-state index is 0.0196. The van der Waals surface area contributed by atoms with E-state index < -0.39 is 0 Å². The van der Waals surface area contributed by atoms with E-state index in [0.717, 1.165) is 0 Å². The van der Waals surface area contributed by atoms with Crippen LogP contribution in [0.25, 0.3) is 0 Å². The standard InChI is InChI=1S/C26H44P2/c1-5-15-25(16-6-2)19-11-21-27(25)23-13-9-10-14-24(23)28-22-12-20-26(28,17-7-3)18-8-4/h9-10,13-14H,5-8,11-12,15-22H2,1-4H3.